The van der Waals surface area contributed by atoms with Crippen LogP contribution in [-0.2, 0) is 9.59 Å². The lowest BCUT2D eigenvalue weighted by atomic mass is 10.1. The highest BCUT2D eigenvalue weighted by atomic mass is 79.9. The zero-order valence-corrected chi connectivity index (χ0v) is 15.5. The SMILES string of the molecule is CC(NC(=O)CN(C)C(=O)c1ccc(Br)o1)C(=O)NC(C)(C)C. The van der Waals surface area contributed by atoms with E-state index >= 15 is 0 Å². The number of rotatable bonds is 5. The van der Waals surface area contributed by atoms with Gasteiger partial charge in [0.2, 0.25) is 11.8 Å². The summed E-state index contributed by atoms with van der Waals surface area (Å²) in [6, 6.07) is 2.42. The number of carbonyl (C=O) groups is 3. The number of hydrogen-bond acceptors (Lipinski definition) is 4. The van der Waals surface area contributed by atoms with Crippen LogP contribution in [0.1, 0.15) is 38.2 Å². The molecule has 0 aliphatic rings. The number of amides is 3. The van der Waals surface area contributed by atoms with Gasteiger partial charge in [-0.25, -0.2) is 0 Å². The molecule has 0 radical (unpaired) electrons. The van der Waals surface area contributed by atoms with E-state index in [1.165, 1.54) is 18.0 Å². The molecule has 1 aromatic heterocycles. The fraction of sp³-hybridized carbons (Fsp3) is 0.533. The zero-order valence-electron chi connectivity index (χ0n) is 13.9. The number of halogens is 1. The number of nitrogens with one attached hydrogen (secondary N) is 2. The lowest BCUT2D eigenvalue weighted by Crippen LogP contribution is -2.52. The molecule has 7 nitrogen and oxygen atoms in total. The van der Waals surface area contributed by atoms with E-state index in [4.69, 9.17) is 4.42 Å². The van der Waals surface area contributed by atoms with Gasteiger partial charge in [0.05, 0.1) is 6.54 Å². The third-order valence-electron chi connectivity index (χ3n) is 2.78. The maximum absolute atomic E-state index is 12.1. The molecule has 23 heavy (non-hydrogen) atoms. The van der Waals surface area contributed by atoms with Crippen LogP contribution in [-0.4, -0.2) is 47.8 Å². The Kier molecular flexibility index (Phi) is 6.37. The predicted molar refractivity (Wildman–Crippen MR) is 88.9 cm³/mol. The second-order valence-corrected chi connectivity index (χ2v) is 7.08. The fourth-order valence-corrected chi connectivity index (χ4v) is 2.04. The van der Waals surface area contributed by atoms with Crippen molar-refractivity contribution in [2.24, 2.45) is 0 Å². The molecular formula is C15H22BrN3O4. The first-order chi connectivity index (χ1) is 10.5. The number of carbonyl (C=O) groups excluding carboxylic acids is 3. The summed E-state index contributed by atoms with van der Waals surface area (Å²) in [5, 5.41) is 5.33. The lowest BCUT2D eigenvalue weighted by Gasteiger charge is -2.24. The van der Waals surface area contributed by atoms with E-state index in [9.17, 15) is 14.4 Å². The van der Waals surface area contributed by atoms with Crippen LogP contribution < -0.4 is 10.6 Å². The third-order valence-corrected chi connectivity index (χ3v) is 3.21. The summed E-state index contributed by atoms with van der Waals surface area (Å²) in [4.78, 5) is 37.1. The molecule has 8 heteroatoms. The largest absolute Gasteiger partial charge is 0.444 e. The maximum atomic E-state index is 12.1. The first-order valence-corrected chi connectivity index (χ1v) is 7.91. The van der Waals surface area contributed by atoms with Crippen molar-refractivity contribution in [3.63, 3.8) is 0 Å². The Morgan fingerprint density at radius 1 is 1.30 bits per heavy atom. The van der Waals surface area contributed by atoms with Crippen LogP contribution in [0.15, 0.2) is 21.2 Å². The van der Waals surface area contributed by atoms with Crippen LogP contribution in [0.25, 0.3) is 0 Å². The van der Waals surface area contributed by atoms with Gasteiger partial charge in [-0.3, -0.25) is 14.4 Å². The summed E-state index contributed by atoms with van der Waals surface area (Å²) in [7, 11) is 1.48. The van der Waals surface area contributed by atoms with E-state index in [1.807, 2.05) is 20.8 Å². The first-order valence-electron chi connectivity index (χ1n) is 7.12. The average molecular weight is 388 g/mol. The van der Waals surface area contributed by atoms with E-state index in [2.05, 4.69) is 26.6 Å². The lowest BCUT2D eigenvalue weighted by molar-refractivity contribution is -0.129. The molecule has 1 heterocycles. The van der Waals surface area contributed by atoms with Gasteiger partial charge in [0.25, 0.3) is 5.91 Å². The normalized spacial score (nSPS) is 12.4. The second kappa shape index (κ2) is 7.63. The Morgan fingerprint density at radius 2 is 1.91 bits per heavy atom. The van der Waals surface area contributed by atoms with Crippen LogP contribution >= 0.6 is 15.9 Å². The molecule has 1 unspecified atom stereocenters. The molecule has 0 saturated carbocycles. The number of furan rings is 1. The monoisotopic (exact) mass is 387 g/mol. The topological polar surface area (TPSA) is 91.7 Å². The van der Waals surface area contributed by atoms with Crippen molar-refractivity contribution >= 4 is 33.7 Å². The molecule has 0 saturated heterocycles. The Bertz CT molecular complexity index is 592. The molecule has 2 N–H and O–H groups in total. The Hall–Kier alpha value is -1.83. The van der Waals surface area contributed by atoms with Gasteiger partial charge in [-0.05, 0) is 55.8 Å². The van der Waals surface area contributed by atoms with Crippen molar-refractivity contribution in [1.29, 1.82) is 0 Å². The molecule has 3 amide bonds. The summed E-state index contributed by atoms with van der Waals surface area (Å²) < 4.78 is 5.59. The van der Waals surface area contributed by atoms with Crippen molar-refractivity contribution in [1.82, 2.24) is 15.5 Å². The molecular weight excluding hydrogens is 366 g/mol. The highest BCUT2D eigenvalue weighted by Gasteiger charge is 2.23. The first kappa shape index (κ1) is 19.2. The predicted octanol–water partition coefficient (Wildman–Crippen LogP) is 1.53. The molecule has 128 valence electrons. The van der Waals surface area contributed by atoms with Gasteiger partial charge in [-0.15, -0.1) is 0 Å². The third kappa shape index (κ3) is 6.43. The van der Waals surface area contributed by atoms with Gasteiger partial charge in [0, 0.05) is 12.6 Å². The molecule has 0 bridgehead atoms. The minimum Gasteiger partial charge on any atom is -0.444 e. The van der Waals surface area contributed by atoms with E-state index < -0.39 is 17.9 Å². The Labute approximate surface area is 143 Å². The average Bonchev–Trinajstić information content (AvgIpc) is 2.82. The summed E-state index contributed by atoms with van der Waals surface area (Å²) in [5.41, 5.74) is -0.379. The fourth-order valence-electron chi connectivity index (χ4n) is 1.74. The van der Waals surface area contributed by atoms with Gasteiger partial charge in [-0.2, -0.15) is 0 Å². The minimum absolute atomic E-state index is 0.130. The molecule has 1 rings (SSSR count). The summed E-state index contributed by atoms with van der Waals surface area (Å²) in [5.74, 6) is -0.999. The van der Waals surface area contributed by atoms with Gasteiger partial charge in [0.1, 0.15) is 6.04 Å². The van der Waals surface area contributed by atoms with Crippen LogP contribution in [0.5, 0.6) is 0 Å². The molecule has 1 atom stereocenters. The van der Waals surface area contributed by atoms with E-state index in [0.29, 0.717) is 4.67 Å². The molecule has 0 aromatic carbocycles. The molecule has 0 fully saturated rings. The Balaban J connectivity index is 2.52. The van der Waals surface area contributed by atoms with Crippen molar-refractivity contribution in [3.8, 4) is 0 Å². The molecule has 0 aliphatic carbocycles. The van der Waals surface area contributed by atoms with Gasteiger partial charge < -0.3 is 20.0 Å². The Morgan fingerprint density at radius 3 is 2.39 bits per heavy atom. The molecule has 0 spiro atoms. The maximum Gasteiger partial charge on any atom is 0.289 e. The van der Waals surface area contributed by atoms with Gasteiger partial charge >= 0.3 is 0 Å². The molecule has 1 aromatic rings. The van der Waals surface area contributed by atoms with Crippen LogP contribution in [0, 0.1) is 0 Å². The number of nitrogens with zero attached hydrogens (tertiary/aromatic N) is 1. The van der Waals surface area contributed by atoms with Crippen molar-refractivity contribution in [3.05, 3.63) is 22.6 Å². The van der Waals surface area contributed by atoms with E-state index in [1.54, 1.807) is 13.0 Å². The number of likely N-dealkylation sites (N-methyl/N-ethyl adjacent to an activating group) is 1. The number of hydrogen-bond donors (Lipinski definition) is 2. The summed E-state index contributed by atoms with van der Waals surface area (Å²) >= 11 is 3.11. The summed E-state index contributed by atoms with van der Waals surface area (Å²) in [6.07, 6.45) is 0. The highest BCUT2D eigenvalue weighted by Crippen LogP contribution is 2.15. The van der Waals surface area contributed by atoms with E-state index in [-0.39, 0.29) is 23.8 Å². The smallest absolute Gasteiger partial charge is 0.289 e. The van der Waals surface area contributed by atoms with Crippen LogP contribution in [0.4, 0.5) is 0 Å². The molecule has 0 aliphatic heterocycles. The van der Waals surface area contributed by atoms with Crippen LogP contribution in [0.2, 0.25) is 0 Å². The standard InChI is InChI=1S/C15H22BrN3O4/c1-9(13(21)18-15(2,3)4)17-12(20)8-19(5)14(22)10-6-7-11(16)23-10/h6-7,9H,8H2,1-5H3,(H,17,20)(H,18,21). The van der Waals surface area contributed by atoms with Crippen molar-refractivity contribution < 1.29 is 18.8 Å². The van der Waals surface area contributed by atoms with Crippen molar-refractivity contribution in [2.75, 3.05) is 13.6 Å². The van der Waals surface area contributed by atoms with Gasteiger partial charge in [-0.1, -0.05) is 0 Å². The minimum atomic E-state index is -0.692. The van der Waals surface area contributed by atoms with Gasteiger partial charge in [0.15, 0.2) is 10.4 Å². The quantitative estimate of drug-likeness (QED) is 0.801. The van der Waals surface area contributed by atoms with E-state index in [0.717, 1.165) is 0 Å². The second-order valence-electron chi connectivity index (χ2n) is 6.29. The van der Waals surface area contributed by atoms with Crippen molar-refractivity contribution in [2.45, 2.75) is 39.3 Å². The zero-order chi connectivity index (χ0) is 17.8. The highest BCUT2D eigenvalue weighted by molar-refractivity contribution is 9.10. The summed E-state index contributed by atoms with van der Waals surface area (Å²) in [6.45, 7) is 6.98. The van der Waals surface area contributed by atoms with Crippen LogP contribution in [0.3, 0.4) is 0 Å².